The quantitative estimate of drug-likeness (QED) is 0.574. The third kappa shape index (κ3) is 4.40. The molecule has 62 valence electrons. The van der Waals surface area contributed by atoms with E-state index in [0.717, 1.165) is 19.4 Å². The molecule has 1 amide bonds. The van der Waals surface area contributed by atoms with Crippen LogP contribution in [0.3, 0.4) is 0 Å². The molecule has 1 fully saturated rings. The summed E-state index contributed by atoms with van der Waals surface area (Å²) in [6.07, 6.45) is 1.81. The van der Waals surface area contributed by atoms with Gasteiger partial charge in [-0.1, -0.05) is 0 Å². The number of rotatable bonds is 0. The van der Waals surface area contributed by atoms with Gasteiger partial charge in [0.2, 0.25) is 5.91 Å². The minimum absolute atomic E-state index is 0.194. The summed E-state index contributed by atoms with van der Waals surface area (Å²) >= 11 is 0.194. The Labute approximate surface area is 75.5 Å². The number of amides is 1. The maximum atomic E-state index is 10.5. The molecule has 0 unspecified atom stereocenters. The molecule has 1 aliphatic rings. The molecule has 0 radical (unpaired) electrons. The standard InChI is InChI=1S/C5H9NO.2ClH.Fe/c1-6-4-2-3-5(6)7;;;/h2-4H2,1H3;2*1H;/q;;;+2/p-2. The first-order chi connectivity index (χ1) is 4.72. The van der Waals surface area contributed by atoms with Gasteiger partial charge in [-0.15, -0.1) is 0 Å². The van der Waals surface area contributed by atoms with E-state index in [1.807, 2.05) is 7.05 Å². The van der Waals surface area contributed by atoms with Crippen molar-refractivity contribution in [2.24, 2.45) is 0 Å². The molecule has 5 heteroatoms. The van der Waals surface area contributed by atoms with Crippen LogP contribution in [-0.4, -0.2) is 24.4 Å². The molecule has 0 bridgehead atoms. The number of hydrogen-bond donors (Lipinski definition) is 0. The number of halogens is 2. The van der Waals surface area contributed by atoms with Crippen molar-refractivity contribution in [3.63, 3.8) is 0 Å². The predicted molar refractivity (Wildman–Crippen MR) is 38.6 cm³/mol. The van der Waals surface area contributed by atoms with Gasteiger partial charge in [0.05, 0.1) is 0 Å². The molecule has 0 aromatic carbocycles. The van der Waals surface area contributed by atoms with Crippen LogP contribution in [-0.2, 0) is 17.9 Å². The Morgan fingerprint density at radius 2 is 2.10 bits per heavy atom. The van der Waals surface area contributed by atoms with E-state index in [2.05, 4.69) is 0 Å². The molecular formula is C5H9Cl2FeNO. The molecule has 0 atom stereocenters. The molecular weight excluding hydrogens is 217 g/mol. The zero-order valence-corrected chi connectivity index (χ0v) is 8.20. The zero-order chi connectivity index (χ0) is 7.98. The van der Waals surface area contributed by atoms with Crippen LogP contribution >= 0.6 is 20.2 Å². The summed E-state index contributed by atoms with van der Waals surface area (Å²) in [6.45, 7) is 0.957. The van der Waals surface area contributed by atoms with Gasteiger partial charge in [-0.2, -0.15) is 0 Å². The second-order valence-corrected chi connectivity index (χ2v) is 3.79. The van der Waals surface area contributed by atoms with E-state index in [4.69, 9.17) is 20.2 Å². The van der Waals surface area contributed by atoms with Gasteiger partial charge in [0.15, 0.2) is 0 Å². The molecule has 1 saturated heterocycles. The Hall–Kier alpha value is 0.569. The van der Waals surface area contributed by atoms with Crippen molar-refractivity contribution >= 4 is 26.1 Å². The third-order valence-corrected chi connectivity index (χ3v) is 1.31. The van der Waals surface area contributed by atoms with Crippen LogP contribution in [0, 0.1) is 0 Å². The van der Waals surface area contributed by atoms with Gasteiger partial charge in [0.1, 0.15) is 0 Å². The number of nitrogens with zero attached hydrogens (tertiary/aromatic N) is 1. The molecule has 0 saturated carbocycles. The Balaban J connectivity index is 0.000000236. The average molecular weight is 226 g/mol. The Morgan fingerprint density at radius 1 is 1.60 bits per heavy atom. The van der Waals surface area contributed by atoms with Gasteiger partial charge in [-0.3, -0.25) is 4.79 Å². The topological polar surface area (TPSA) is 20.3 Å². The summed E-state index contributed by atoms with van der Waals surface area (Å²) in [6, 6.07) is 0. The summed E-state index contributed by atoms with van der Waals surface area (Å²) in [5.74, 6) is 0.292. The molecule has 1 rings (SSSR count). The summed E-state index contributed by atoms with van der Waals surface area (Å²) in [4.78, 5) is 12.3. The van der Waals surface area contributed by atoms with Gasteiger partial charge in [0, 0.05) is 20.0 Å². The second-order valence-electron chi connectivity index (χ2n) is 1.97. The molecule has 0 spiro atoms. The minimum atomic E-state index is 0.194. The van der Waals surface area contributed by atoms with Crippen LogP contribution in [0.1, 0.15) is 12.8 Å². The average Bonchev–Trinajstić information content (AvgIpc) is 2.19. The van der Waals surface area contributed by atoms with Crippen molar-refractivity contribution in [3.05, 3.63) is 0 Å². The first-order valence-electron chi connectivity index (χ1n) is 2.81. The van der Waals surface area contributed by atoms with E-state index >= 15 is 0 Å². The van der Waals surface area contributed by atoms with Crippen LogP contribution in [0.2, 0.25) is 0 Å². The van der Waals surface area contributed by atoms with Crippen molar-refractivity contribution in [1.29, 1.82) is 0 Å². The first-order valence-corrected chi connectivity index (χ1v) is 5.85. The van der Waals surface area contributed by atoms with E-state index in [0.29, 0.717) is 5.91 Å². The Kier molecular flexibility index (Phi) is 6.65. The fraction of sp³-hybridized carbons (Fsp3) is 0.800. The van der Waals surface area contributed by atoms with Gasteiger partial charge in [-0.25, -0.2) is 0 Å². The van der Waals surface area contributed by atoms with Gasteiger partial charge < -0.3 is 4.90 Å². The van der Waals surface area contributed by atoms with Gasteiger partial charge >= 0.3 is 33.3 Å². The fourth-order valence-corrected chi connectivity index (χ4v) is 0.783. The fourth-order valence-electron chi connectivity index (χ4n) is 0.783. The second kappa shape index (κ2) is 6.29. The molecule has 0 aliphatic carbocycles. The molecule has 0 aromatic rings. The molecule has 0 aromatic heterocycles. The van der Waals surface area contributed by atoms with E-state index < -0.39 is 0 Å². The van der Waals surface area contributed by atoms with Crippen molar-refractivity contribution in [3.8, 4) is 0 Å². The van der Waals surface area contributed by atoms with Crippen LogP contribution in [0.25, 0.3) is 0 Å². The van der Waals surface area contributed by atoms with Crippen LogP contribution in [0.15, 0.2) is 0 Å². The maximum absolute atomic E-state index is 10.5. The van der Waals surface area contributed by atoms with E-state index in [1.54, 1.807) is 4.90 Å². The summed E-state index contributed by atoms with van der Waals surface area (Å²) < 4.78 is 0. The Morgan fingerprint density at radius 3 is 2.20 bits per heavy atom. The van der Waals surface area contributed by atoms with Crippen molar-refractivity contribution in [2.75, 3.05) is 13.6 Å². The Bertz CT molecular complexity index is 112. The van der Waals surface area contributed by atoms with Crippen molar-refractivity contribution in [1.82, 2.24) is 4.90 Å². The van der Waals surface area contributed by atoms with Gasteiger partial charge in [0.25, 0.3) is 0 Å². The zero-order valence-electron chi connectivity index (χ0n) is 5.59. The predicted octanol–water partition coefficient (Wildman–Crippen LogP) is 1.62. The first kappa shape index (κ1) is 10.6. The molecule has 1 aliphatic heterocycles. The van der Waals surface area contributed by atoms with E-state index in [-0.39, 0.29) is 13.1 Å². The molecule has 1 heterocycles. The van der Waals surface area contributed by atoms with Crippen molar-refractivity contribution < 1.29 is 17.9 Å². The number of hydrogen-bond acceptors (Lipinski definition) is 1. The van der Waals surface area contributed by atoms with Crippen molar-refractivity contribution in [2.45, 2.75) is 12.8 Å². The molecule has 10 heavy (non-hydrogen) atoms. The number of carbonyl (C=O) groups excluding carboxylic acids is 1. The number of carbonyl (C=O) groups is 1. The number of likely N-dealkylation sites (tertiary alicyclic amines) is 1. The van der Waals surface area contributed by atoms with Crippen LogP contribution in [0.4, 0.5) is 0 Å². The monoisotopic (exact) mass is 225 g/mol. The van der Waals surface area contributed by atoms with Crippen LogP contribution < -0.4 is 0 Å². The van der Waals surface area contributed by atoms with E-state index in [9.17, 15) is 4.79 Å². The normalized spacial score (nSPS) is 17.1. The molecule has 0 N–H and O–H groups in total. The third-order valence-electron chi connectivity index (χ3n) is 1.31. The summed E-state index contributed by atoms with van der Waals surface area (Å²) in [7, 11) is 11.4. The molecule has 2 nitrogen and oxygen atoms in total. The van der Waals surface area contributed by atoms with Crippen LogP contribution in [0.5, 0.6) is 0 Å². The summed E-state index contributed by atoms with van der Waals surface area (Å²) in [5.41, 5.74) is 0. The SMILES string of the molecule is CN1CCCC1=O.[Cl][Fe][Cl]. The van der Waals surface area contributed by atoms with E-state index in [1.165, 1.54) is 0 Å². The van der Waals surface area contributed by atoms with Gasteiger partial charge in [-0.05, 0) is 6.42 Å². The summed E-state index contributed by atoms with van der Waals surface area (Å²) in [5, 5.41) is 0.